The highest BCUT2D eigenvalue weighted by Gasteiger charge is 2.12. The van der Waals surface area contributed by atoms with Crippen molar-refractivity contribution in [3.63, 3.8) is 0 Å². The molecular formula is C11H10N2O4S. The molecule has 0 fully saturated rings. The summed E-state index contributed by atoms with van der Waals surface area (Å²) < 4.78 is 9.48. The van der Waals surface area contributed by atoms with Gasteiger partial charge >= 0.3 is 5.97 Å². The summed E-state index contributed by atoms with van der Waals surface area (Å²) in [5.74, 6) is -0.579. The Morgan fingerprint density at radius 3 is 3.06 bits per heavy atom. The molecular weight excluding hydrogens is 256 g/mol. The minimum Gasteiger partial charge on any atom is -0.464 e. The molecule has 0 saturated heterocycles. The van der Waals surface area contributed by atoms with Gasteiger partial charge in [0.1, 0.15) is 5.01 Å². The molecule has 0 bridgehead atoms. The van der Waals surface area contributed by atoms with Gasteiger partial charge in [-0.3, -0.25) is 4.79 Å². The van der Waals surface area contributed by atoms with Crippen LogP contribution in [0.15, 0.2) is 28.2 Å². The number of furan rings is 1. The van der Waals surface area contributed by atoms with E-state index in [2.05, 4.69) is 15.0 Å². The Labute approximate surface area is 107 Å². The predicted octanol–water partition coefficient (Wildman–Crippen LogP) is 1.45. The third-order valence-electron chi connectivity index (χ3n) is 2.09. The number of carbonyl (C=O) groups excluding carboxylic acids is 2. The molecule has 0 aliphatic rings. The summed E-state index contributed by atoms with van der Waals surface area (Å²) in [6.45, 7) is 0.237. The predicted molar refractivity (Wildman–Crippen MR) is 63.3 cm³/mol. The minimum atomic E-state index is -0.491. The smallest absolute Gasteiger partial charge is 0.357 e. The molecule has 6 nitrogen and oxygen atoms in total. The lowest BCUT2D eigenvalue weighted by Gasteiger charge is -1.99. The van der Waals surface area contributed by atoms with Crippen molar-refractivity contribution >= 4 is 23.2 Å². The van der Waals surface area contributed by atoms with Crippen LogP contribution in [0.25, 0.3) is 0 Å². The Kier molecular flexibility index (Phi) is 3.73. The summed E-state index contributed by atoms with van der Waals surface area (Å²) >= 11 is 1.28. The number of carbonyl (C=O) groups is 2. The maximum absolute atomic E-state index is 11.6. The van der Waals surface area contributed by atoms with Gasteiger partial charge in [0.15, 0.2) is 11.5 Å². The number of rotatable bonds is 4. The third-order valence-corrected chi connectivity index (χ3v) is 2.94. The van der Waals surface area contributed by atoms with E-state index in [0.29, 0.717) is 5.01 Å². The Balaban J connectivity index is 1.93. The van der Waals surface area contributed by atoms with Crippen molar-refractivity contribution in [3.8, 4) is 0 Å². The van der Waals surface area contributed by atoms with Crippen LogP contribution in [0.4, 0.5) is 0 Å². The fourth-order valence-corrected chi connectivity index (χ4v) is 1.94. The molecule has 1 N–H and O–H groups in total. The highest BCUT2D eigenvalue weighted by Crippen LogP contribution is 2.10. The van der Waals surface area contributed by atoms with Gasteiger partial charge in [-0.1, -0.05) is 0 Å². The highest BCUT2D eigenvalue weighted by molar-refractivity contribution is 7.09. The van der Waals surface area contributed by atoms with Crippen LogP contribution in [-0.2, 0) is 11.3 Å². The van der Waals surface area contributed by atoms with Gasteiger partial charge < -0.3 is 14.5 Å². The third kappa shape index (κ3) is 2.75. The zero-order valence-electron chi connectivity index (χ0n) is 9.50. The number of thiazole rings is 1. The Morgan fingerprint density at radius 1 is 1.56 bits per heavy atom. The number of aromatic nitrogens is 1. The van der Waals surface area contributed by atoms with Crippen LogP contribution in [0.2, 0.25) is 0 Å². The average Bonchev–Trinajstić information content (AvgIpc) is 3.05. The van der Waals surface area contributed by atoms with Crippen LogP contribution < -0.4 is 5.32 Å². The second kappa shape index (κ2) is 5.46. The van der Waals surface area contributed by atoms with Gasteiger partial charge in [-0.2, -0.15) is 0 Å². The lowest BCUT2D eigenvalue weighted by atomic mass is 10.4. The number of hydrogen-bond acceptors (Lipinski definition) is 6. The van der Waals surface area contributed by atoms with Crippen LogP contribution in [-0.4, -0.2) is 24.0 Å². The van der Waals surface area contributed by atoms with Gasteiger partial charge in [-0.15, -0.1) is 11.3 Å². The first-order valence-corrected chi connectivity index (χ1v) is 5.93. The quantitative estimate of drug-likeness (QED) is 0.847. The molecule has 0 atom stereocenters. The van der Waals surface area contributed by atoms with Gasteiger partial charge in [-0.05, 0) is 12.1 Å². The van der Waals surface area contributed by atoms with Crippen molar-refractivity contribution in [1.82, 2.24) is 10.3 Å². The molecule has 0 aliphatic heterocycles. The number of ether oxygens (including phenoxy) is 1. The molecule has 2 aromatic rings. The zero-order chi connectivity index (χ0) is 13.0. The van der Waals surface area contributed by atoms with Gasteiger partial charge in [0.05, 0.1) is 19.9 Å². The Bertz CT molecular complexity index is 547. The highest BCUT2D eigenvalue weighted by atomic mass is 32.1. The first-order valence-electron chi connectivity index (χ1n) is 5.05. The van der Waals surface area contributed by atoms with E-state index in [1.54, 1.807) is 17.5 Å². The number of hydrogen-bond donors (Lipinski definition) is 1. The number of nitrogens with one attached hydrogen (secondary N) is 1. The topological polar surface area (TPSA) is 81.4 Å². The van der Waals surface area contributed by atoms with Crippen molar-refractivity contribution < 1.29 is 18.7 Å². The monoisotopic (exact) mass is 266 g/mol. The molecule has 2 aromatic heterocycles. The van der Waals surface area contributed by atoms with Gasteiger partial charge in [0.25, 0.3) is 5.91 Å². The second-order valence-electron chi connectivity index (χ2n) is 3.28. The van der Waals surface area contributed by atoms with E-state index in [-0.39, 0.29) is 23.9 Å². The number of nitrogens with zero attached hydrogens (tertiary/aromatic N) is 1. The van der Waals surface area contributed by atoms with E-state index < -0.39 is 5.97 Å². The van der Waals surface area contributed by atoms with Gasteiger partial charge in [0.2, 0.25) is 0 Å². The molecule has 94 valence electrons. The molecule has 0 aromatic carbocycles. The van der Waals surface area contributed by atoms with Crippen molar-refractivity contribution in [1.29, 1.82) is 0 Å². The van der Waals surface area contributed by atoms with Crippen molar-refractivity contribution in [2.75, 3.05) is 7.11 Å². The van der Waals surface area contributed by atoms with Crippen LogP contribution in [0, 0.1) is 0 Å². The lowest BCUT2D eigenvalue weighted by molar-refractivity contribution is 0.0594. The molecule has 0 unspecified atom stereocenters. The lowest BCUT2D eigenvalue weighted by Crippen LogP contribution is -2.22. The van der Waals surface area contributed by atoms with Crippen LogP contribution >= 0.6 is 11.3 Å². The fraction of sp³-hybridized carbons (Fsp3) is 0.182. The van der Waals surface area contributed by atoms with Crippen LogP contribution in [0.3, 0.4) is 0 Å². The van der Waals surface area contributed by atoms with E-state index in [1.807, 2.05) is 0 Å². The number of esters is 1. The van der Waals surface area contributed by atoms with Crippen LogP contribution in [0.5, 0.6) is 0 Å². The Hall–Kier alpha value is -2.15. The molecule has 2 heterocycles. The van der Waals surface area contributed by atoms with E-state index in [4.69, 9.17) is 4.42 Å². The summed E-state index contributed by atoms with van der Waals surface area (Å²) in [6, 6.07) is 3.20. The SMILES string of the molecule is COC(=O)c1csc(CNC(=O)c2ccco2)n1. The molecule has 2 rings (SSSR count). The summed E-state index contributed by atoms with van der Waals surface area (Å²) in [5.41, 5.74) is 0.241. The van der Waals surface area contributed by atoms with Crippen molar-refractivity contribution in [3.05, 3.63) is 40.2 Å². The summed E-state index contributed by atoms with van der Waals surface area (Å²) in [7, 11) is 1.29. The second-order valence-corrected chi connectivity index (χ2v) is 4.22. The molecule has 0 saturated carbocycles. The molecule has 0 aliphatic carbocycles. The van der Waals surface area contributed by atoms with E-state index in [9.17, 15) is 9.59 Å². The molecule has 1 amide bonds. The number of amides is 1. The minimum absolute atomic E-state index is 0.236. The first-order chi connectivity index (χ1) is 8.70. The van der Waals surface area contributed by atoms with Crippen molar-refractivity contribution in [2.45, 2.75) is 6.54 Å². The first kappa shape index (κ1) is 12.3. The van der Waals surface area contributed by atoms with Crippen LogP contribution in [0.1, 0.15) is 26.1 Å². The normalized spacial score (nSPS) is 10.1. The average molecular weight is 266 g/mol. The fourth-order valence-electron chi connectivity index (χ4n) is 1.24. The standard InChI is InChI=1S/C11H10N2O4S/c1-16-11(15)7-6-18-9(13-7)5-12-10(14)8-3-2-4-17-8/h2-4,6H,5H2,1H3,(H,12,14). The van der Waals surface area contributed by atoms with Crippen molar-refractivity contribution in [2.24, 2.45) is 0 Å². The summed E-state index contributed by atoms with van der Waals surface area (Å²) in [6.07, 6.45) is 1.42. The Morgan fingerprint density at radius 2 is 2.39 bits per heavy atom. The number of methoxy groups -OCH3 is 1. The molecule has 0 spiro atoms. The van der Waals surface area contributed by atoms with E-state index in [0.717, 1.165) is 0 Å². The maximum Gasteiger partial charge on any atom is 0.357 e. The summed E-state index contributed by atoms with van der Waals surface area (Å²) in [4.78, 5) is 26.8. The maximum atomic E-state index is 11.6. The molecule has 0 radical (unpaired) electrons. The zero-order valence-corrected chi connectivity index (χ0v) is 10.3. The molecule has 18 heavy (non-hydrogen) atoms. The molecule has 7 heteroatoms. The van der Waals surface area contributed by atoms with E-state index in [1.165, 1.54) is 24.7 Å². The van der Waals surface area contributed by atoms with E-state index >= 15 is 0 Å². The van der Waals surface area contributed by atoms with Gasteiger partial charge in [-0.25, -0.2) is 9.78 Å². The largest absolute Gasteiger partial charge is 0.464 e. The van der Waals surface area contributed by atoms with Gasteiger partial charge in [0, 0.05) is 5.38 Å². The summed E-state index contributed by atoms with van der Waals surface area (Å²) in [5, 5.41) is 4.84.